The molecule has 1 aromatic carbocycles. The van der Waals surface area contributed by atoms with E-state index in [1.807, 2.05) is 0 Å². The lowest BCUT2D eigenvalue weighted by Gasteiger charge is -2.04. The highest BCUT2D eigenvalue weighted by molar-refractivity contribution is 5.81. The summed E-state index contributed by atoms with van der Waals surface area (Å²) < 4.78 is 4.94. The van der Waals surface area contributed by atoms with Crippen molar-refractivity contribution in [3.8, 4) is 0 Å². The Morgan fingerprint density at radius 1 is 0.955 bits per heavy atom. The quantitative estimate of drug-likeness (QED) is 0.294. The third kappa shape index (κ3) is 9.38. The number of hydrogen-bond donors (Lipinski definition) is 0. The van der Waals surface area contributed by atoms with E-state index in [9.17, 15) is 4.79 Å². The van der Waals surface area contributed by atoms with E-state index in [-0.39, 0.29) is 5.97 Å². The number of unbranched alkanes of at least 4 members (excludes halogenated alkanes) is 7. The standard InChI is InChI=1S/C20H30O2/c1-3-20(21)22-17-11-9-7-5-4-6-8-10-12-19-15-13-18(2)14-16-19/h3,13-16H,1,4-12,17H2,2H3. The zero-order valence-corrected chi connectivity index (χ0v) is 14.0. The van der Waals surface area contributed by atoms with Crippen molar-refractivity contribution in [1.29, 1.82) is 0 Å². The Balaban J connectivity index is 1.84. The van der Waals surface area contributed by atoms with Crippen molar-refractivity contribution in [2.75, 3.05) is 6.61 Å². The summed E-state index contributed by atoms with van der Waals surface area (Å²) in [6.45, 7) is 6.03. The monoisotopic (exact) mass is 302 g/mol. The van der Waals surface area contributed by atoms with Crippen LogP contribution in [-0.2, 0) is 16.0 Å². The highest BCUT2D eigenvalue weighted by Crippen LogP contribution is 2.12. The Morgan fingerprint density at radius 2 is 1.50 bits per heavy atom. The molecule has 1 rings (SSSR count). The number of rotatable bonds is 12. The van der Waals surface area contributed by atoms with Gasteiger partial charge in [0.1, 0.15) is 0 Å². The first-order valence-electron chi connectivity index (χ1n) is 8.57. The number of carbonyl (C=O) groups is 1. The van der Waals surface area contributed by atoms with Crippen LogP contribution in [0.25, 0.3) is 0 Å². The first-order valence-corrected chi connectivity index (χ1v) is 8.57. The van der Waals surface area contributed by atoms with E-state index < -0.39 is 0 Å². The molecule has 0 amide bonds. The van der Waals surface area contributed by atoms with Gasteiger partial charge in [-0.15, -0.1) is 0 Å². The van der Waals surface area contributed by atoms with E-state index in [2.05, 4.69) is 37.8 Å². The third-order valence-corrected chi connectivity index (χ3v) is 3.89. The van der Waals surface area contributed by atoms with E-state index >= 15 is 0 Å². The second-order valence-corrected chi connectivity index (χ2v) is 5.94. The molecule has 0 radical (unpaired) electrons. The van der Waals surface area contributed by atoms with Crippen LogP contribution in [0.15, 0.2) is 36.9 Å². The van der Waals surface area contributed by atoms with Crippen LogP contribution in [0, 0.1) is 6.92 Å². The maximum Gasteiger partial charge on any atom is 0.330 e. The van der Waals surface area contributed by atoms with Crippen molar-refractivity contribution in [3.05, 3.63) is 48.0 Å². The van der Waals surface area contributed by atoms with Gasteiger partial charge in [0.15, 0.2) is 0 Å². The lowest BCUT2D eigenvalue weighted by atomic mass is 10.0. The average Bonchev–Trinajstić information content (AvgIpc) is 2.54. The van der Waals surface area contributed by atoms with Crippen molar-refractivity contribution in [2.24, 2.45) is 0 Å². The fourth-order valence-corrected chi connectivity index (χ4v) is 2.48. The lowest BCUT2D eigenvalue weighted by Crippen LogP contribution is -2.01. The third-order valence-electron chi connectivity index (χ3n) is 3.89. The molecule has 0 heterocycles. The van der Waals surface area contributed by atoms with Crippen molar-refractivity contribution < 1.29 is 9.53 Å². The molecule has 0 unspecified atom stereocenters. The van der Waals surface area contributed by atoms with Gasteiger partial charge in [-0.3, -0.25) is 0 Å². The number of esters is 1. The molecule has 0 fully saturated rings. The van der Waals surface area contributed by atoms with E-state index in [1.54, 1.807) is 0 Å². The molecule has 0 aliphatic heterocycles. The normalized spacial score (nSPS) is 10.4. The maximum atomic E-state index is 10.8. The van der Waals surface area contributed by atoms with Gasteiger partial charge in [0.05, 0.1) is 6.61 Å². The molecule has 0 spiro atoms. The van der Waals surface area contributed by atoms with Crippen LogP contribution in [0.1, 0.15) is 62.5 Å². The van der Waals surface area contributed by atoms with Crippen LogP contribution < -0.4 is 0 Å². The fraction of sp³-hybridized carbons (Fsp3) is 0.550. The van der Waals surface area contributed by atoms with Gasteiger partial charge in [-0.1, -0.05) is 74.9 Å². The Kier molecular flexibility index (Phi) is 10.1. The molecule has 122 valence electrons. The molecule has 1 aromatic rings. The van der Waals surface area contributed by atoms with Gasteiger partial charge >= 0.3 is 5.97 Å². The fourth-order valence-electron chi connectivity index (χ4n) is 2.48. The molecule has 0 bridgehead atoms. The van der Waals surface area contributed by atoms with Crippen molar-refractivity contribution >= 4 is 5.97 Å². The molecule has 22 heavy (non-hydrogen) atoms. The molecule has 2 heteroatoms. The highest BCUT2D eigenvalue weighted by Gasteiger charge is 1.97. The Labute approximate surface area is 135 Å². The largest absolute Gasteiger partial charge is 0.463 e. The van der Waals surface area contributed by atoms with Gasteiger partial charge in [-0.25, -0.2) is 4.79 Å². The summed E-state index contributed by atoms with van der Waals surface area (Å²) in [5.41, 5.74) is 2.79. The summed E-state index contributed by atoms with van der Waals surface area (Å²) in [4.78, 5) is 10.8. The van der Waals surface area contributed by atoms with Crippen molar-refractivity contribution in [3.63, 3.8) is 0 Å². The van der Waals surface area contributed by atoms with Crippen LogP contribution in [-0.4, -0.2) is 12.6 Å². The zero-order valence-electron chi connectivity index (χ0n) is 14.0. The molecule has 0 N–H and O–H groups in total. The summed E-state index contributed by atoms with van der Waals surface area (Å²) in [5, 5.41) is 0. The van der Waals surface area contributed by atoms with E-state index in [0.717, 1.165) is 12.8 Å². The smallest absolute Gasteiger partial charge is 0.330 e. The van der Waals surface area contributed by atoms with Crippen LogP contribution in [0.4, 0.5) is 0 Å². The summed E-state index contributed by atoms with van der Waals surface area (Å²) >= 11 is 0. The van der Waals surface area contributed by atoms with Gasteiger partial charge < -0.3 is 4.74 Å². The topological polar surface area (TPSA) is 26.3 Å². The van der Waals surface area contributed by atoms with Crippen LogP contribution in [0.3, 0.4) is 0 Å². The molecule has 0 aliphatic carbocycles. The predicted molar refractivity (Wildman–Crippen MR) is 93.0 cm³/mol. The zero-order chi connectivity index (χ0) is 16.0. The molecular weight excluding hydrogens is 272 g/mol. The van der Waals surface area contributed by atoms with Gasteiger partial charge in [-0.05, 0) is 31.7 Å². The van der Waals surface area contributed by atoms with E-state index in [4.69, 9.17) is 4.74 Å². The van der Waals surface area contributed by atoms with Gasteiger partial charge in [0.2, 0.25) is 0 Å². The molecule has 0 atom stereocenters. The minimum atomic E-state index is -0.312. The molecule has 0 aliphatic rings. The predicted octanol–water partition coefficient (Wildman–Crippen LogP) is 5.39. The summed E-state index contributed by atoms with van der Waals surface area (Å²) in [6.07, 6.45) is 12.3. The Morgan fingerprint density at radius 3 is 2.09 bits per heavy atom. The second kappa shape index (κ2) is 12.0. The average molecular weight is 302 g/mol. The first-order chi connectivity index (χ1) is 10.7. The minimum Gasteiger partial charge on any atom is -0.463 e. The number of ether oxygens (including phenoxy) is 1. The summed E-state index contributed by atoms with van der Waals surface area (Å²) in [7, 11) is 0. The summed E-state index contributed by atoms with van der Waals surface area (Å²) in [5.74, 6) is -0.312. The van der Waals surface area contributed by atoms with Crippen molar-refractivity contribution in [2.45, 2.75) is 64.7 Å². The van der Waals surface area contributed by atoms with Gasteiger partial charge in [-0.2, -0.15) is 0 Å². The molecule has 0 saturated carbocycles. The van der Waals surface area contributed by atoms with Gasteiger partial charge in [0, 0.05) is 6.08 Å². The van der Waals surface area contributed by atoms with Crippen LogP contribution in [0.5, 0.6) is 0 Å². The SMILES string of the molecule is C=CC(=O)OCCCCCCCCCCc1ccc(C)cc1. The van der Waals surface area contributed by atoms with E-state index in [1.165, 1.54) is 62.1 Å². The Hall–Kier alpha value is -1.57. The van der Waals surface area contributed by atoms with Gasteiger partial charge in [0.25, 0.3) is 0 Å². The summed E-state index contributed by atoms with van der Waals surface area (Å²) in [6, 6.07) is 8.88. The molecule has 0 saturated heterocycles. The minimum absolute atomic E-state index is 0.312. The lowest BCUT2D eigenvalue weighted by molar-refractivity contribution is -0.137. The number of hydrogen-bond acceptors (Lipinski definition) is 2. The highest BCUT2D eigenvalue weighted by atomic mass is 16.5. The first kappa shape index (κ1) is 18.5. The molecular formula is C20H30O2. The van der Waals surface area contributed by atoms with Crippen LogP contribution in [0.2, 0.25) is 0 Å². The van der Waals surface area contributed by atoms with E-state index in [0.29, 0.717) is 6.61 Å². The number of carbonyl (C=O) groups excluding carboxylic acids is 1. The maximum absolute atomic E-state index is 10.8. The molecule has 0 aromatic heterocycles. The Bertz CT molecular complexity index is 420. The number of aryl methyl sites for hydroxylation is 2. The number of benzene rings is 1. The molecule has 2 nitrogen and oxygen atoms in total. The second-order valence-electron chi connectivity index (χ2n) is 5.94. The van der Waals surface area contributed by atoms with Crippen LogP contribution >= 0.6 is 0 Å². The van der Waals surface area contributed by atoms with Crippen molar-refractivity contribution in [1.82, 2.24) is 0 Å².